The highest BCUT2D eigenvalue weighted by Gasteiger charge is 2.47. The van der Waals surface area contributed by atoms with Crippen molar-refractivity contribution in [3.8, 4) is 0 Å². The summed E-state index contributed by atoms with van der Waals surface area (Å²) in [4.78, 5) is 2.36. The maximum Gasteiger partial charge on any atom is 0.0685 e. The second-order valence-corrected chi connectivity index (χ2v) is 7.22. The van der Waals surface area contributed by atoms with Crippen LogP contribution in [0.15, 0.2) is 0 Å². The largest absolute Gasteiger partial charge is 0.375 e. The molecule has 0 aromatic heterocycles. The Morgan fingerprint density at radius 1 is 1.37 bits per heavy atom. The topological polar surface area (TPSA) is 24.5 Å². The summed E-state index contributed by atoms with van der Waals surface area (Å²) in [6.07, 6.45) is 6.38. The third-order valence-electron chi connectivity index (χ3n) is 5.61. The minimum Gasteiger partial charge on any atom is -0.375 e. The first-order valence-electron chi connectivity index (χ1n) is 7.96. The van der Waals surface area contributed by atoms with Crippen LogP contribution in [0.25, 0.3) is 0 Å². The molecular formula is C16H32N2O. The Morgan fingerprint density at radius 3 is 2.53 bits per heavy atom. The van der Waals surface area contributed by atoms with Crippen LogP contribution in [0.5, 0.6) is 0 Å². The second kappa shape index (κ2) is 5.71. The maximum atomic E-state index is 6.09. The highest BCUT2D eigenvalue weighted by molar-refractivity contribution is 5.02. The monoisotopic (exact) mass is 268 g/mol. The van der Waals surface area contributed by atoms with Crippen LogP contribution in [0.3, 0.4) is 0 Å². The molecule has 0 aromatic rings. The van der Waals surface area contributed by atoms with Gasteiger partial charge >= 0.3 is 0 Å². The molecule has 2 aliphatic rings. The zero-order chi connectivity index (χ0) is 14.1. The van der Waals surface area contributed by atoms with Gasteiger partial charge in [0.15, 0.2) is 0 Å². The number of nitrogens with zero attached hydrogens (tertiary/aromatic N) is 1. The van der Waals surface area contributed by atoms with Crippen LogP contribution in [-0.2, 0) is 4.74 Å². The van der Waals surface area contributed by atoms with Crippen molar-refractivity contribution in [2.75, 3.05) is 27.2 Å². The Balaban J connectivity index is 2.09. The molecule has 1 spiro atoms. The predicted octanol–water partition coefficient (Wildman–Crippen LogP) is 2.65. The molecule has 1 aliphatic carbocycles. The van der Waals surface area contributed by atoms with Gasteiger partial charge in [-0.2, -0.15) is 0 Å². The molecule has 2 fully saturated rings. The van der Waals surface area contributed by atoms with Gasteiger partial charge in [0.1, 0.15) is 0 Å². The summed E-state index contributed by atoms with van der Waals surface area (Å²) in [7, 11) is 4.39. The molecule has 3 nitrogen and oxygen atoms in total. The Kier molecular flexibility index (Phi) is 4.59. The molecule has 1 saturated carbocycles. The lowest BCUT2D eigenvalue weighted by Gasteiger charge is -2.52. The second-order valence-electron chi connectivity index (χ2n) is 7.22. The minimum atomic E-state index is 0.183. The van der Waals surface area contributed by atoms with Crippen molar-refractivity contribution in [3.63, 3.8) is 0 Å². The summed E-state index contributed by atoms with van der Waals surface area (Å²) in [6, 6.07) is 0.550. The van der Waals surface area contributed by atoms with E-state index in [1.807, 2.05) is 0 Å². The third kappa shape index (κ3) is 2.98. The lowest BCUT2D eigenvalue weighted by molar-refractivity contribution is -0.151. The van der Waals surface area contributed by atoms with Crippen molar-refractivity contribution in [2.24, 2.45) is 5.92 Å². The number of hydrogen-bond donors (Lipinski definition) is 1. The summed E-state index contributed by atoms with van der Waals surface area (Å²) in [5.74, 6) is 0.742. The SMILES string of the molecule is CCNC(C1CCOC2(CCC2)C1)C(C)(C)N(C)C. The first-order chi connectivity index (χ1) is 8.91. The van der Waals surface area contributed by atoms with E-state index in [0.29, 0.717) is 6.04 Å². The average Bonchev–Trinajstić information content (AvgIpc) is 2.33. The van der Waals surface area contributed by atoms with Crippen molar-refractivity contribution in [3.05, 3.63) is 0 Å². The quantitative estimate of drug-likeness (QED) is 0.829. The molecular weight excluding hydrogens is 236 g/mol. The Labute approximate surface area is 119 Å². The molecule has 1 heterocycles. The van der Waals surface area contributed by atoms with E-state index in [1.54, 1.807) is 0 Å². The summed E-state index contributed by atoms with van der Waals surface area (Å²) < 4.78 is 6.09. The van der Waals surface area contributed by atoms with E-state index in [2.05, 4.69) is 45.1 Å². The zero-order valence-electron chi connectivity index (χ0n) is 13.5. The standard InChI is InChI=1S/C16H32N2O/c1-6-17-14(15(2,3)18(4)5)13-8-11-19-16(12-13)9-7-10-16/h13-14,17H,6-12H2,1-5H3. The molecule has 0 aromatic carbocycles. The fourth-order valence-electron chi connectivity index (χ4n) is 3.76. The van der Waals surface area contributed by atoms with Gasteiger partial charge in [0.2, 0.25) is 0 Å². The van der Waals surface area contributed by atoms with Crippen molar-refractivity contribution in [1.82, 2.24) is 10.2 Å². The van der Waals surface area contributed by atoms with E-state index in [4.69, 9.17) is 4.74 Å². The number of hydrogen-bond acceptors (Lipinski definition) is 3. The van der Waals surface area contributed by atoms with E-state index in [-0.39, 0.29) is 11.1 Å². The van der Waals surface area contributed by atoms with Crippen molar-refractivity contribution in [1.29, 1.82) is 0 Å². The first kappa shape index (κ1) is 15.3. The van der Waals surface area contributed by atoms with E-state index in [1.165, 1.54) is 32.1 Å². The fourth-order valence-corrected chi connectivity index (χ4v) is 3.76. The van der Waals surface area contributed by atoms with Gasteiger partial charge in [-0.25, -0.2) is 0 Å². The Hall–Kier alpha value is -0.120. The summed E-state index contributed by atoms with van der Waals surface area (Å²) in [6.45, 7) is 8.95. The van der Waals surface area contributed by atoms with Crippen molar-refractivity contribution >= 4 is 0 Å². The van der Waals surface area contributed by atoms with Crippen LogP contribution in [0, 0.1) is 5.92 Å². The molecule has 1 aliphatic heterocycles. The molecule has 0 amide bonds. The van der Waals surface area contributed by atoms with Gasteiger partial charge in [-0.05, 0) is 72.5 Å². The molecule has 112 valence electrons. The van der Waals surface area contributed by atoms with Gasteiger partial charge in [-0.1, -0.05) is 6.92 Å². The maximum absolute atomic E-state index is 6.09. The summed E-state index contributed by atoms with van der Waals surface area (Å²) in [5, 5.41) is 3.76. The van der Waals surface area contributed by atoms with Gasteiger partial charge in [0.05, 0.1) is 5.60 Å². The fraction of sp³-hybridized carbons (Fsp3) is 1.00. The lowest BCUT2D eigenvalue weighted by atomic mass is 9.68. The average molecular weight is 268 g/mol. The molecule has 3 heteroatoms. The van der Waals surface area contributed by atoms with Crippen LogP contribution in [0.2, 0.25) is 0 Å². The van der Waals surface area contributed by atoms with E-state index in [0.717, 1.165) is 19.1 Å². The molecule has 2 unspecified atom stereocenters. The molecule has 19 heavy (non-hydrogen) atoms. The minimum absolute atomic E-state index is 0.183. The number of ether oxygens (including phenoxy) is 1. The van der Waals surface area contributed by atoms with Crippen molar-refractivity contribution < 1.29 is 4.74 Å². The zero-order valence-corrected chi connectivity index (χ0v) is 13.5. The van der Waals surface area contributed by atoms with Crippen molar-refractivity contribution in [2.45, 2.75) is 70.1 Å². The molecule has 1 N–H and O–H groups in total. The molecule has 2 atom stereocenters. The predicted molar refractivity (Wildman–Crippen MR) is 80.5 cm³/mol. The van der Waals surface area contributed by atoms with Crippen LogP contribution in [0.1, 0.15) is 52.9 Å². The summed E-state index contributed by atoms with van der Waals surface area (Å²) in [5.41, 5.74) is 0.432. The van der Waals surface area contributed by atoms with Crippen LogP contribution < -0.4 is 5.32 Å². The highest BCUT2D eigenvalue weighted by atomic mass is 16.5. The van der Waals surface area contributed by atoms with Gasteiger partial charge in [-0.3, -0.25) is 0 Å². The number of rotatable bonds is 5. The van der Waals surface area contributed by atoms with Crippen LogP contribution >= 0.6 is 0 Å². The van der Waals surface area contributed by atoms with E-state index >= 15 is 0 Å². The molecule has 2 rings (SSSR count). The van der Waals surface area contributed by atoms with Crippen LogP contribution in [-0.4, -0.2) is 49.3 Å². The Bertz CT molecular complexity index is 297. The Morgan fingerprint density at radius 2 is 2.05 bits per heavy atom. The van der Waals surface area contributed by atoms with Gasteiger partial charge < -0.3 is 15.0 Å². The van der Waals surface area contributed by atoms with Gasteiger partial charge in [-0.15, -0.1) is 0 Å². The van der Waals surface area contributed by atoms with Gasteiger partial charge in [0.25, 0.3) is 0 Å². The smallest absolute Gasteiger partial charge is 0.0685 e. The van der Waals surface area contributed by atoms with E-state index in [9.17, 15) is 0 Å². The number of nitrogens with one attached hydrogen (secondary N) is 1. The third-order valence-corrected chi connectivity index (χ3v) is 5.61. The number of likely N-dealkylation sites (N-methyl/N-ethyl adjacent to an activating group) is 2. The molecule has 0 radical (unpaired) electrons. The first-order valence-corrected chi connectivity index (χ1v) is 7.96. The normalized spacial score (nSPS) is 28.4. The lowest BCUT2D eigenvalue weighted by Crippen LogP contribution is -2.61. The summed E-state index contributed by atoms with van der Waals surface area (Å²) >= 11 is 0. The molecule has 1 saturated heterocycles. The van der Waals surface area contributed by atoms with Gasteiger partial charge in [0, 0.05) is 18.2 Å². The van der Waals surface area contributed by atoms with E-state index < -0.39 is 0 Å². The molecule has 0 bridgehead atoms. The highest BCUT2D eigenvalue weighted by Crippen LogP contribution is 2.46. The van der Waals surface area contributed by atoms with Crippen LogP contribution in [0.4, 0.5) is 0 Å².